The number of hydrogen-bond donors (Lipinski definition) is 1. The number of carbonyl (C=O) groups is 2. The maximum absolute atomic E-state index is 12.6. The number of nitrogens with one attached hydrogen (secondary N) is 1. The summed E-state index contributed by atoms with van der Waals surface area (Å²) in [4.78, 5) is 29.8. The maximum atomic E-state index is 12.6. The summed E-state index contributed by atoms with van der Waals surface area (Å²) in [5.41, 5.74) is 3.15. The van der Waals surface area contributed by atoms with Gasteiger partial charge in [-0.2, -0.15) is 4.99 Å². The third-order valence-electron chi connectivity index (χ3n) is 4.75. The molecule has 1 amide bonds. The quantitative estimate of drug-likeness (QED) is 0.656. The van der Waals surface area contributed by atoms with Crippen LogP contribution in [0.15, 0.2) is 70.2 Å². The molecule has 7 heteroatoms. The van der Waals surface area contributed by atoms with Crippen LogP contribution in [0.3, 0.4) is 0 Å². The second-order valence-electron chi connectivity index (χ2n) is 6.79. The lowest BCUT2D eigenvalue weighted by molar-refractivity contribution is -0.123. The molecule has 4 rings (SSSR count). The van der Waals surface area contributed by atoms with Crippen molar-refractivity contribution in [3.05, 3.63) is 83.0 Å². The molecule has 0 saturated carbocycles. The van der Waals surface area contributed by atoms with E-state index in [-0.39, 0.29) is 18.2 Å². The number of benzene rings is 2. The van der Waals surface area contributed by atoms with E-state index in [1.807, 2.05) is 54.6 Å². The zero-order chi connectivity index (χ0) is 20.2. The predicted molar refractivity (Wildman–Crippen MR) is 108 cm³/mol. The summed E-state index contributed by atoms with van der Waals surface area (Å²) >= 11 is 0. The highest BCUT2D eigenvalue weighted by Gasteiger charge is 2.23. The summed E-state index contributed by atoms with van der Waals surface area (Å²) in [6, 6.07) is 18.6. The van der Waals surface area contributed by atoms with Gasteiger partial charge in [-0.05, 0) is 24.5 Å². The van der Waals surface area contributed by atoms with Crippen LogP contribution in [0.1, 0.15) is 27.2 Å². The average Bonchev–Trinajstić information content (AvgIpc) is 3.34. The van der Waals surface area contributed by atoms with Crippen molar-refractivity contribution >= 4 is 23.5 Å². The standard InChI is InChI=1S/C22H20N4O3/c1-26-20(27)14-23-22(26)24-19-13-18(25-29-19)11-10-15-6-5-9-17(12-15)21(28)16-7-3-2-4-8-16/h2-9,12-13H,10-11,14H2,1H3,(H,23,24). The maximum Gasteiger partial charge on any atom is 0.253 e. The Kier molecular flexibility index (Phi) is 5.20. The van der Waals surface area contributed by atoms with Gasteiger partial charge in [0.1, 0.15) is 0 Å². The summed E-state index contributed by atoms with van der Waals surface area (Å²) in [7, 11) is 1.65. The van der Waals surface area contributed by atoms with Crippen LogP contribution in [0.5, 0.6) is 0 Å². The molecule has 0 aliphatic carbocycles. The number of ketones is 1. The van der Waals surface area contributed by atoms with Crippen molar-refractivity contribution in [3.63, 3.8) is 0 Å². The van der Waals surface area contributed by atoms with E-state index in [0.717, 1.165) is 17.7 Å². The van der Waals surface area contributed by atoms with Crippen LogP contribution in [0.2, 0.25) is 0 Å². The Morgan fingerprint density at radius 2 is 1.90 bits per heavy atom. The molecule has 3 aromatic rings. The zero-order valence-corrected chi connectivity index (χ0v) is 16.0. The minimum Gasteiger partial charge on any atom is -0.346 e. The van der Waals surface area contributed by atoms with E-state index >= 15 is 0 Å². The fourth-order valence-electron chi connectivity index (χ4n) is 3.10. The normalized spacial score (nSPS) is 15.0. The lowest BCUT2D eigenvalue weighted by Crippen LogP contribution is -2.27. The number of aromatic nitrogens is 1. The van der Waals surface area contributed by atoms with Crippen molar-refractivity contribution in [3.8, 4) is 0 Å². The van der Waals surface area contributed by atoms with Gasteiger partial charge < -0.3 is 9.84 Å². The third kappa shape index (κ3) is 4.24. The van der Waals surface area contributed by atoms with Gasteiger partial charge in [-0.25, -0.2) is 0 Å². The van der Waals surface area contributed by atoms with E-state index in [1.165, 1.54) is 4.90 Å². The smallest absolute Gasteiger partial charge is 0.253 e. The van der Waals surface area contributed by atoms with E-state index in [0.29, 0.717) is 29.4 Å². The summed E-state index contributed by atoms with van der Waals surface area (Å²) < 4.78 is 5.25. The Bertz CT molecular complexity index is 1070. The highest BCUT2D eigenvalue weighted by atomic mass is 16.5. The van der Waals surface area contributed by atoms with Gasteiger partial charge in [0.15, 0.2) is 5.78 Å². The van der Waals surface area contributed by atoms with Crippen molar-refractivity contribution in [2.75, 3.05) is 13.6 Å². The van der Waals surface area contributed by atoms with Crippen molar-refractivity contribution in [2.24, 2.45) is 4.99 Å². The second-order valence-corrected chi connectivity index (χ2v) is 6.79. The average molecular weight is 388 g/mol. The first-order chi connectivity index (χ1) is 14.1. The largest absolute Gasteiger partial charge is 0.346 e. The minimum atomic E-state index is -0.0478. The number of rotatable bonds is 6. The molecule has 2 aromatic carbocycles. The van der Waals surface area contributed by atoms with Crippen LogP contribution in [0, 0.1) is 0 Å². The summed E-state index contributed by atoms with van der Waals surface area (Å²) in [5, 5.41) is 6.95. The van der Waals surface area contributed by atoms with Gasteiger partial charge in [-0.3, -0.25) is 14.5 Å². The molecule has 1 fully saturated rings. The molecule has 1 aliphatic heterocycles. The molecule has 29 heavy (non-hydrogen) atoms. The topological polar surface area (TPSA) is 87.8 Å². The van der Waals surface area contributed by atoms with Crippen molar-refractivity contribution in [2.45, 2.75) is 12.8 Å². The van der Waals surface area contributed by atoms with Crippen molar-refractivity contribution < 1.29 is 14.1 Å². The number of amides is 1. The van der Waals surface area contributed by atoms with Gasteiger partial charge in [0.2, 0.25) is 11.9 Å². The fraction of sp³-hybridized carbons (Fsp3) is 0.182. The molecule has 1 aromatic heterocycles. The first-order valence-electron chi connectivity index (χ1n) is 9.33. The molecular formula is C22H20N4O3. The van der Waals surface area contributed by atoms with Gasteiger partial charge in [-0.15, -0.1) is 0 Å². The Labute approximate surface area is 168 Å². The molecule has 0 unspecified atom stereocenters. The van der Waals surface area contributed by atoms with Crippen LogP contribution < -0.4 is 5.32 Å². The number of guanidine groups is 1. The summed E-state index contributed by atoms with van der Waals surface area (Å²) in [6.45, 7) is 0.231. The SMILES string of the molecule is CN1C(=O)CNC1=Nc1cc(CCc2cccc(C(=O)c3ccccc3)c2)no1. The predicted octanol–water partition coefficient (Wildman–Crippen LogP) is 2.74. The van der Waals surface area contributed by atoms with E-state index in [9.17, 15) is 9.59 Å². The lowest BCUT2D eigenvalue weighted by Gasteiger charge is -2.05. The van der Waals surface area contributed by atoms with Gasteiger partial charge in [0, 0.05) is 24.2 Å². The monoisotopic (exact) mass is 388 g/mol. The van der Waals surface area contributed by atoms with Crippen LogP contribution in [-0.4, -0.2) is 41.3 Å². The summed E-state index contributed by atoms with van der Waals surface area (Å²) in [5.74, 6) is 0.755. The van der Waals surface area contributed by atoms with Crippen LogP contribution in [-0.2, 0) is 17.6 Å². The van der Waals surface area contributed by atoms with E-state index in [2.05, 4.69) is 15.5 Å². The van der Waals surface area contributed by atoms with Crippen molar-refractivity contribution in [1.82, 2.24) is 15.4 Å². The van der Waals surface area contributed by atoms with Crippen LogP contribution in [0.4, 0.5) is 5.88 Å². The van der Waals surface area contributed by atoms with E-state index in [1.54, 1.807) is 13.1 Å². The van der Waals surface area contributed by atoms with Gasteiger partial charge >= 0.3 is 0 Å². The molecule has 2 heterocycles. The molecule has 1 saturated heterocycles. The number of aryl methyl sites for hydroxylation is 2. The second kappa shape index (κ2) is 8.10. The molecule has 0 bridgehead atoms. The molecule has 0 spiro atoms. The molecule has 1 N–H and O–H groups in total. The first-order valence-corrected chi connectivity index (χ1v) is 9.33. The first kappa shape index (κ1) is 18.6. The number of nitrogens with zero attached hydrogens (tertiary/aromatic N) is 3. The lowest BCUT2D eigenvalue weighted by atomic mass is 9.99. The zero-order valence-electron chi connectivity index (χ0n) is 16.0. The van der Waals surface area contributed by atoms with Gasteiger partial charge in [-0.1, -0.05) is 53.7 Å². The Hall–Kier alpha value is -3.74. The Balaban J connectivity index is 1.41. The Morgan fingerprint density at radius 1 is 1.10 bits per heavy atom. The number of hydrogen-bond acceptors (Lipinski definition) is 5. The van der Waals surface area contributed by atoms with Gasteiger partial charge in [0.05, 0.1) is 12.2 Å². The Morgan fingerprint density at radius 3 is 2.66 bits per heavy atom. The highest BCUT2D eigenvalue weighted by Crippen LogP contribution is 2.18. The van der Waals surface area contributed by atoms with E-state index in [4.69, 9.17) is 4.52 Å². The molecule has 0 atom stereocenters. The molecule has 146 valence electrons. The fourth-order valence-corrected chi connectivity index (χ4v) is 3.10. The number of carbonyl (C=O) groups excluding carboxylic acids is 2. The minimum absolute atomic E-state index is 0.00901. The van der Waals surface area contributed by atoms with Crippen LogP contribution in [0.25, 0.3) is 0 Å². The third-order valence-corrected chi connectivity index (χ3v) is 4.75. The number of likely N-dealkylation sites (N-methyl/N-ethyl adjacent to an activating group) is 1. The number of aliphatic imine (C=N–C) groups is 1. The highest BCUT2D eigenvalue weighted by molar-refractivity contribution is 6.09. The van der Waals surface area contributed by atoms with E-state index < -0.39 is 0 Å². The molecular weight excluding hydrogens is 368 g/mol. The molecule has 7 nitrogen and oxygen atoms in total. The van der Waals surface area contributed by atoms with Gasteiger partial charge in [0.25, 0.3) is 5.88 Å². The van der Waals surface area contributed by atoms with Crippen molar-refractivity contribution in [1.29, 1.82) is 0 Å². The summed E-state index contributed by atoms with van der Waals surface area (Å²) in [6.07, 6.45) is 1.37. The molecule has 1 aliphatic rings. The molecule has 0 radical (unpaired) electrons. The van der Waals surface area contributed by atoms with Crippen LogP contribution >= 0.6 is 0 Å².